The van der Waals surface area contributed by atoms with Crippen LogP contribution in [-0.2, 0) is 6.42 Å². The van der Waals surface area contributed by atoms with Gasteiger partial charge in [-0.2, -0.15) is 15.0 Å². The van der Waals surface area contributed by atoms with Crippen LogP contribution in [0.25, 0.3) is 0 Å². The van der Waals surface area contributed by atoms with Crippen LogP contribution in [0.15, 0.2) is 11.6 Å². The zero-order valence-corrected chi connectivity index (χ0v) is 9.78. The topological polar surface area (TPSA) is 72.8 Å². The highest BCUT2D eigenvalue weighted by molar-refractivity contribution is 7.09. The molecule has 84 valence electrons. The van der Waals surface area contributed by atoms with Crippen molar-refractivity contribution in [2.24, 2.45) is 0 Å². The number of ether oxygens (including phenoxy) is 1. The zero-order valence-electron chi connectivity index (χ0n) is 8.97. The fourth-order valence-electron chi connectivity index (χ4n) is 1.16. The van der Waals surface area contributed by atoms with E-state index in [-0.39, 0.29) is 0 Å². The minimum absolute atomic E-state index is 0.311. The first-order valence-corrected chi connectivity index (χ1v) is 5.55. The maximum Gasteiger partial charge on any atom is 0.321 e. The van der Waals surface area contributed by atoms with Gasteiger partial charge in [0.1, 0.15) is 10.8 Å². The fourth-order valence-corrected chi connectivity index (χ4v) is 1.77. The molecule has 1 N–H and O–H groups in total. The van der Waals surface area contributed by atoms with Crippen LogP contribution in [0.2, 0.25) is 0 Å². The number of anilines is 1. The third kappa shape index (κ3) is 2.43. The molecule has 0 aliphatic carbocycles. The molecule has 0 spiro atoms. The van der Waals surface area contributed by atoms with Crippen LogP contribution in [0.3, 0.4) is 0 Å². The Kier molecular flexibility index (Phi) is 3.25. The molecule has 2 aromatic heterocycles. The van der Waals surface area contributed by atoms with Crippen LogP contribution in [0.5, 0.6) is 6.01 Å². The summed E-state index contributed by atoms with van der Waals surface area (Å²) in [5, 5.41) is 5.75. The summed E-state index contributed by atoms with van der Waals surface area (Å²) in [6, 6.07) is 0.311. The molecule has 0 unspecified atom stereocenters. The quantitative estimate of drug-likeness (QED) is 0.854. The van der Waals surface area contributed by atoms with E-state index in [1.54, 1.807) is 24.6 Å². The maximum atomic E-state index is 5.00. The van der Waals surface area contributed by atoms with Gasteiger partial charge in [0, 0.05) is 18.6 Å². The standard InChI is InChI=1S/C9H11N5OS/c1-10-8-12-6(13-9(14-8)15-2)5-7-11-3-4-16-7/h3-4H,5H2,1-2H3,(H,10,12,13,14). The van der Waals surface area contributed by atoms with Gasteiger partial charge in [0.15, 0.2) is 0 Å². The van der Waals surface area contributed by atoms with Crippen molar-refractivity contribution in [3.05, 3.63) is 22.4 Å². The van der Waals surface area contributed by atoms with E-state index in [2.05, 4.69) is 25.3 Å². The summed E-state index contributed by atoms with van der Waals surface area (Å²) < 4.78 is 5.00. The van der Waals surface area contributed by atoms with E-state index in [4.69, 9.17) is 4.74 Å². The van der Waals surface area contributed by atoms with Gasteiger partial charge < -0.3 is 10.1 Å². The van der Waals surface area contributed by atoms with Crippen LogP contribution < -0.4 is 10.1 Å². The van der Waals surface area contributed by atoms with Crippen LogP contribution in [-0.4, -0.2) is 34.1 Å². The van der Waals surface area contributed by atoms with E-state index in [0.29, 0.717) is 24.2 Å². The summed E-state index contributed by atoms with van der Waals surface area (Å²) in [4.78, 5) is 16.6. The van der Waals surface area contributed by atoms with Gasteiger partial charge in [-0.25, -0.2) is 4.98 Å². The molecule has 0 saturated carbocycles. The second-order valence-corrected chi connectivity index (χ2v) is 3.89. The second kappa shape index (κ2) is 4.84. The summed E-state index contributed by atoms with van der Waals surface area (Å²) >= 11 is 1.57. The van der Waals surface area contributed by atoms with Crippen molar-refractivity contribution >= 4 is 17.3 Å². The summed E-state index contributed by atoms with van der Waals surface area (Å²) in [5.74, 6) is 1.14. The Morgan fingerprint density at radius 3 is 2.88 bits per heavy atom. The summed E-state index contributed by atoms with van der Waals surface area (Å²) in [5.41, 5.74) is 0. The van der Waals surface area contributed by atoms with Gasteiger partial charge >= 0.3 is 6.01 Å². The van der Waals surface area contributed by atoms with Crippen molar-refractivity contribution < 1.29 is 4.74 Å². The van der Waals surface area contributed by atoms with Gasteiger partial charge in [-0.1, -0.05) is 0 Å². The summed E-state index contributed by atoms with van der Waals surface area (Å²) in [6.45, 7) is 0. The first-order chi connectivity index (χ1) is 7.81. The smallest absolute Gasteiger partial charge is 0.321 e. The lowest BCUT2D eigenvalue weighted by molar-refractivity contribution is 0.377. The zero-order chi connectivity index (χ0) is 11.4. The highest BCUT2D eigenvalue weighted by Gasteiger charge is 2.07. The molecule has 0 aliphatic heterocycles. The van der Waals surface area contributed by atoms with Crippen molar-refractivity contribution in [1.82, 2.24) is 19.9 Å². The second-order valence-electron chi connectivity index (χ2n) is 2.91. The first-order valence-electron chi connectivity index (χ1n) is 4.67. The number of rotatable bonds is 4. The number of methoxy groups -OCH3 is 1. The Balaban J connectivity index is 2.26. The van der Waals surface area contributed by atoms with E-state index in [1.807, 2.05) is 5.38 Å². The van der Waals surface area contributed by atoms with E-state index < -0.39 is 0 Å². The first kappa shape index (κ1) is 10.7. The number of thiazole rings is 1. The van der Waals surface area contributed by atoms with E-state index in [1.165, 1.54) is 7.11 Å². The molecular formula is C9H11N5OS. The molecule has 0 atom stereocenters. The number of aromatic nitrogens is 4. The van der Waals surface area contributed by atoms with E-state index >= 15 is 0 Å². The number of hydrogen-bond acceptors (Lipinski definition) is 7. The van der Waals surface area contributed by atoms with Crippen molar-refractivity contribution in [2.75, 3.05) is 19.5 Å². The minimum Gasteiger partial charge on any atom is -0.467 e. The third-order valence-electron chi connectivity index (χ3n) is 1.86. The Morgan fingerprint density at radius 1 is 1.38 bits per heavy atom. The molecule has 6 nitrogen and oxygen atoms in total. The average Bonchev–Trinajstić information content (AvgIpc) is 2.81. The molecule has 0 saturated heterocycles. The lowest BCUT2D eigenvalue weighted by Crippen LogP contribution is -2.06. The Bertz CT molecular complexity index is 437. The molecule has 2 aromatic rings. The van der Waals surface area contributed by atoms with Gasteiger partial charge in [-0.15, -0.1) is 11.3 Å². The van der Waals surface area contributed by atoms with Gasteiger partial charge in [0.25, 0.3) is 0 Å². The predicted molar refractivity (Wildman–Crippen MR) is 60.8 cm³/mol. The van der Waals surface area contributed by atoms with Crippen molar-refractivity contribution in [2.45, 2.75) is 6.42 Å². The number of nitrogens with one attached hydrogen (secondary N) is 1. The van der Waals surface area contributed by atoms with E-state index in [0.717, 1.165) is 5.01 Å². The van der Waals surface area contributed by atoms with Crippen molar-refractivity contribution in [3.63, 3.8) is 0 Å². The van der Waals surface area contributed by atoms with Crippen LogP contribution in [0.1, 0.15) is 10.8 Å². The maximum absolute atomic E-state index is 5.00. The van der Waals surface area contributed by atoms with Crippen molar-refractivity contribution in [1.29, 1.82) is 0 Å². The lowest BCUT2D eigenvalue weighted by atomic mass is 10.4. The highest BCUT2D eigenvalue weighted by Crippen LogP contribution is 2.12. The molecule has 7 heteroatoms. The largest absolute Gasteiger partial charge is 0.467 e. The molecule has 0 aliphatic rings. The van der Waals surface area contributed by atoms with Crippen molar-refractivity contribution in [3.8, 4) is 6.01 Å². The summed E-state index contributed by atoms with van der Waals surface area (Å²) in [7, 11) is 3.28. The Hall–Kier alpha value is -1.76. The van der Waals surface area contributed by atoms with Crippen LogP contribution in [0, 0.1) is 0 Å². The molecular weight excluding hydrogens is 226 g/mol. The molecule has 2 heterocycles. The predicted octanol–water partition coefficient (Wildman–Crippen LogP) is 0.969. The lowest BCUT2D eigenvalue weighted by Gasteiger charge is -2.04. The third-order valence-corrected chi connectivity index (χ3v) is 2.64. The molecule has 0 bridgehead atoms. The van der Waals surface area contributed by atoms with Crippen LogP contribution in [0.4, 0.5) is 5.95 Å². The Morgan fingerprint density at radius 2 is 2.25 bits per heavy atom. The highest BCUT2D eigenvalue weighted by atomic mass is 32.1. The average molecular weight is 237 g/mol. The van der Waals surface area contributed by atoms with Gasteiger partial charge in [-0.05, 0) is 0 Å². The molecule has 0 radical (unpaired) electrons. The van der Waals surface area contributed by atoms with Crippen LogP contribution >= 0.6 is 11.3 Å². The molecule has 2 rings (SSSR count). The van der Waals surface area contributed by atoms with Gasteiger partial charge in [0.05, 0.1) is 13.5 Å². The normalized spacial score (nSPS) is 10.1. The molecule has 0 fully saturated rings. The monoisotopic (exact) mass is 237 g/mol. The number of nitrogens with zero attached hydrogens (tertiary/aromatic N) is 4. The molecule has 16 heavy (non-hydrogen) atoms. The number of hydrogen-bond donors (Lipinski definition) is 1. The van der Waals surface area contributed by atoms with Gasteiger partial charge in [0.2, 0.25) is 5.95 Å². The summed E-state index contributed by atoms with van der Waals surface area (Å²) in [6.07, 6.45) is 2.35. The SMILES string of the molecule is CNc1nc(Cc2nccs2)nc(OC)n1. The van der Waals surface area contributed by atoms with Gasteiger partial charge in [-0.3, -0.25) is 0 Å². The molecule has 0 amide bonds. The Labute approximate surface area is 96.8 Å². The van der Waals surface area contributed by atoms with E-state index in [9.17, 15) is 0 Å². The fraction of sp³-hybridized carbons (Fsp3) is 0.333. The minimum atomic E-state index is 0.311. The molecule has 0 aromatic carbocycles.